The van der Waals surface area contributed by atoms with Gasteiger partial charge in [-0.1, -0.05) is 29.3 Å². The number of nitrogens with zero attached hydrogens (tertiary/aromatic N) is 1. The fraction of sp³-hybridized carbons (Fsp3) is 0.143. The Hall–Kier alpha value is -1.56. The van der Waals surface area contributed by atoms with E-state index in [2.05, 4.69) is 0 Å². The van der Waals surface area contributed by atoms with E-state index < -0.39 is 18.4 Å². The van der Waals surface area contributed by atoms with Crippen LogP contribution in [0.25, 0.3) is 0 Å². The summed E-state index contributed by atoms with van der Waals surface area (Å²) in [7, 11) is 0. The Labute approximate surface area is 135 Å². The van der Waals surface area contributed by atoms with Gasteiger partial charge >= 0.3 is 5.97 Å². The molecule has 0 radical (unpaired) electrons. The van der Waals surface area contributed by atoms with Gasteiger partial charge in [0.15, 0.2) is 0 Å². The molecule has 1 N–H and O–H groups in total. The van der Waals surface area contributed by atoms with Gasteiger partial charge in [-0.05, 0) is 36.1 Å². The average Bonchev–Trinajstić information content (AvgIpc) is 2.75. The molecule has 0 spiro atoms. The lowest BCUT2D eigenvalue weighted by molar-refractivity contribution is -0.135. The van der Waals surface area contributed by atoms with E-state index in [0.29, 0.717) is 20.6 Å². The van der Waals surface area contributed by atoms with Crippen LogP contribution in [-0.4, -0.2) is 23.5 Å². The fourth-order valence-electron chi connectivity index (χ4n) is 1.76. The van der Waals surface area contributed by atoms with Crippen molar-refractivity contribution in [3.05, 3.63) is 50.1 Å². The normalized spacial score (nSPS) is 10.4. The largest absolute Gasteiger partial charge is 0.480 e. The van der Waals surface area contributed by atoms with Crippen molar-refractivity contribution in [3.63, 3.8) is 0 Å². The number of carbonyl (C=O) groups is 2. The van der Waals surface area contributed by atoms with E-state index in [1.807, 2.05) is 0 Å². The zero-order valence-electron chi connectivity index (χ0n) is 11.0. The SMILES string of the molecule is Cc1csc(C(=O)N(CC(=O)O)c2cccc(Cl)c2)c1Cl. The van der Waals surface area contributed by atoms with Gasteiger partial charge in [0.1, 0.15) is 11.4 Å². The minimum absolute atomic E-state index is 0.315. The van der Waals surface area contributed by atoms with Crippen LogP contribution in [0.3, 0.4) is 0 Å². The number of anilines is 1. The summed E-state index contributed by atoms with van der Waals surface area (Å²) in [4.78, 5) is 25.1. The molecule has 1 amide bonds. The lowest BCUT2D eigenvalue weighted by atomic mass is 10.2. The Balaban J connectivity index is 2.43. The topological polar surface area (TPSA) is 57.6 Å². The van der Waals surface area contributed by atoms with Crippen molar-refractivity contribution in [2.75, 3.05) is 11.4 Å². The molecule has 2 rings (SSSR count). The first kappa shape index (κ1) is 15.8. The third kappa shape index (κ3) is 3.56. The molecule has 1 heterocycles. The molecule has 0 saturated heterocycles. The van der Waals surface area contributed by atoms with Gasteiger partial charge in [-0.3, -0.25) is 14.5 Å². The lowest BCUT2D eigenvalue weighted by Crippen LogP contribution is -2.35. The number of benzene rings is 1. The highest BCUT2D eigenvalue weighted by Crippen LogP contribution is 2.30. The Morgan fingerprint density at radius 3 is 2.57 bits per heavy atom. The molecule has 7 heteroatoms. The van der Waals surface area contributed by atoms with E-state index in [9.17, 15) is 9.59 Å². The Bertz CT molecular complexity index is 699. The standard InChI is InChI=1S/C14H11Cl2NO3S/c1-8-7-21-13(12(8)16)14(20)17(6-11(18)19)10-4-2-3-9(15)5-10/h2-5,7H,6H2,1H3,(H,18,19). The summed E-state index contributed by atoms with van der Waals surface area (Å²) in [5, 5.41) is 11.6. The maximum absolute atomic E-state index is 12.6. The molecular weight excluding hydrogens is 333 g/mol. The van der Waals surface area contributed by atoms with Crippen LogP contribution in [0.2, 0.25) is 10.0 Å². The summed E-state index contributed by atoms with van der Waals surface area (Å²) in [5.41, 5.74) is 1.20. The minimum atomic E-state index is -1.12. The second-order valence-corrected chi connectivity index (χ2v) is 6.02. The second kappa shape index (κ2) is 6.47. The van der Waals surface area contributed by atoms with E-state index >= 15 is 0 Å². The summed E-state index contributed by atoms with van der Waals surface area (Å²) in [6.45, 7) is 1.32. The number of carbonyl (C=O) groups excluding carboxylic acids is 1. The monoisotopic (exact) mass is 343 g/mol. The molecule has 21 heavy (non-hydrogen) atoms. The van der Waals surface area contributed by atoms with Crippen LogP contribution < -0.4 is 4.90 Å². The van der Waals surface area contributed by atoms with Crippen molar-refractivity contribution < 1.29 is 14.7 Å². The van der Waals surface area contributed by atoms with Gasteiger partial charge in [-0.2, -0.15) is 0 Å². The van der Waals surface area contributed by atoms with Crippen molar-refractivity contribution in [2.24, 2.45) is 0 Å². The molecule has 0 aliphatic carbocycles. The Morgan fingerprint density at radius 2 is 2.05 bits per heavy atom. The molecule has 1 aromatic heterocycles. The van der Waals surface area contributed by atoms with E-state index in [0.717, 1.165) is 10.5 Å². The van der Waals surface area contributed by atoms with Crippen molar-refractivity contribution in [2.45, 2.75) is 6.92 Å². The number of aliphatic carboxylic acids is 1. The van der Waals surface area contributed by atoms with Gasteiger partial charge in [0.05, 0.1) is 5.02 Å². The molecule has 2 aromatic rings. The summed E-state index contributed by atoms with van der Waals surface area (Å²) >= 11 is 13.2. The summed E-state index contributed by atoms with van der Waals surface area (Å²) in [5.74, 6) is -1.57. The molecule has 0 bridgehead atoms. The highest BCUT2D eigenvalue weighted by Gasteiger charge is 2.24. The van der Waals surface area contributed by atoms with Crippen LogP contribution in [0.5, 0.6) is 0 Å². The fourth-order valence-corrected chi connectivity index (χ4v) is 3.16. The minimum Gasteiger partial charge on any atom is -0.480 e. The molecule has 0 saturated carbocycles. The second-order valence-electron chi connectivity index (χ2n) is 4.33. The molecule has 110 valence electrons. The molecule has 0 atom stereocenters. The molecule has 0 fully saturated rings. The number of carboxylic acids is 1. The number of hydrogen-bond donors (Lipinski definition) is 1. The number of aryl methyl sites for hydroxylation is 1. The van der Waals surface area contributed by atoms with Gasteiger partial charge in [0.2, 0.25) is 0 Å². The van der Waals surface area contributed by atoms with Crippen LogP contribution in [0.1, 0.15) is 15.2 Å². The number of thiophene rings is 1. The quantitative estimate of drug-likeness (QED) is 0.909. The predicted octanol–water partition coefficient (Wildman–Crippen LogP) is 4.09. The molecule has 1 aromatic carbocycles. The van der Waals surface area contributed by atoms with Crippen LogP contribution in [-0.2, 0) is 4.79 Å². The van der Waals surface area contributed by atoms with E-state index in [1.54, 1.807) is 30.5 Å². The van der Waals surface area contributed by atoms with E-state index in [1.165, 1.54) is 17.4 Å². The summed E-state index contributed by atoms with van der Waals surface area (Å²) in [6, 6.07) is 6.47. The average molecular weight is 344 g/mol. The summed E-state index contributed by atoms with van der Waals surface area (Å²) in [6.07, 6.45) is 0. The number of hydrogen-bond acceptors (Lipinski definition) is 3. The van der Waals surface area contributed by atoms with Gasteiger partial charge in [0, 0.05) is 10.7 Å². The zero-order chi connectivity index (χ0) is 15.6. The zero-order valence-corrected chi connectivity index (χ0v) is 13.3. The summed E-state index contributed by atoms with van der Waals surface area (Å²) < 4.78 is 0. The van der Waals surface area contributed by atoms with Crippen LogP contribution in [0, 0.1) is 6.92 Å². The van der Waals surface area contributed by atoms with Crippen molar-refractivity contribution in [1.29, 1.82) is 0 Å². The third-order valence-electron chi connectivity index (χ3n) is 2.75. The smallest absolute Gasteiger partial charge is 0.323 e. The number of carboxylic acid groups (broad SMARTS) is 1. The number of halogens is 2. The first-order chi connectivity index (χ1) is 9.90. The molecule has 0 aliphatic heterocycles. The Morgan fingerprint density at radius 1 is 1.33 bits per heavy atom. The van der Waals surface area contributed by atoms with Crippen molar-refractivity contribution in [1.82, 2.24) is 0 Å². The van der Waals surface area contributed by atoms with Crippen molar-refractivity contribution >= 4 is 52.1 Å². The lowest BCUT2D eigenvalue weighted by Gasteiger charge is -2.20. The molecule has 0 aliphatic rings. The first-order valence-corrected chi connectivity index (χ1v) is 7.56. The van der Waals surface area contributed by atoms with Crippen molar-refractivity contribution in [3.8, 4) is 0 Å². The van der Waals surface area contributed by atoms with Gasteiger partial charge < -0.3 is 5.11 Å². The van der Waals surface area contributed by atoms with Crippen LogP contribution >= 0.6 is 34.5 Å². The maximum Gasteiger partial charge on any atom is 0.323 e. The number of rotatable bonds is 4. The van der Waals surface area contributed by atoms with Crippen LogP contribution in [0.15, 0.2) is 29.6 Å². The predicted molar refractivity (Wildman–Crippen MR) is 84.8 cm³/mol. The molecule has 4 nitrogen and oxygen atoms in total. The highest BCUT2D eigenvalue weighted by molar-refractivity contribution is 7.13. The van der Waals surface area contributed by atoms with Crippen LogP contribution in [0.4, 0.5) is 5.69 Å². The first-order valence-electron chi connectivity index (χ1n) is 5.93. The Kier molecular flexibility index (Phi) is 4.88. The van der Waals surface area contributed by atoms with Gasteiger partial charge in [-0.15, -0.1) is 11.3 Å². The van der Waals surface area contributed by atoms with Gasteiger partial charge in [-0.25, -0.2) is 0 Å². The molecular formula is C14H11Cl2NO3S. The van der Waals surface area contributed by atoms with E-state index in [4.69, 9.17) is 28.3 Å². The number of amides is 1. The van der Waals surface area contributed by atoms with E-state index in [-0.39, 0.29) is 0 Å². The maximum atomic E-state index is 12.6. The van der Waals surface area contributed by atoms with Gasteiger partial charge in [0.25, 0.3) is 5.91 Å². The highest BCUT2D eigenvalue weighted by atomic mass is 35.5. The molecule has 0 unspecified atom stereocenters. The third-order valence-corrected chi connectivity index (χ3v) is 4.67.